The van der Waals surface area contributed by atoms with Gasteiger partial charge in [0.15, 0.2) is 5.82 Å². The molecule has 4 aromatic rings. The summed E-state index contributed by atoms with van der Waals surface area (Å²) in [7, 11) is 0. The number of piperazine rings is 1. The lowest BCUT2D eigenvalue weighted by Crippen LogP contribution is -2.47. The first-order chi connectivity index (χ1) is 19.2. The summed E-state index contributed by atoms with van der Waals surface area (Å²) in [6.45, 7) is 5.19. The highest BCUT2D eigenvalue weighted by Crippen LogP contribution is 2.36. The standard InChI is InChI=1S/C25H28F2N10O3/c1-18(25(38,15-35-17-28-16-29-35)22-7-2-19(26)14-23(22)27)36-24(30-31-32-36)8-9-33-10-12-34(13-11-33)20-3-5-21(6-4-20)37(39)40/h2-7,14,16-18,38H,8-13,15H2,1H3. The van der Waals surface area contributed by atoms with Gasteiger partial charge in [-0.05, 0) is 35.5 Å². The van der Waals surface area contributed by atoms with Crippen LogP contribution in [0, 0.1) is 21.7 Å². The van der Waals surface area contributed by atoms with Gasteiger partial charge < -0.3 is 10.0 Å². The van der Waals surface area contributed by atoms with Gasteiger partial charge in [0.1, 0.15) is 29.9 Å². The number of anilines is 1. The first-order valence-corrected chi connectivity index (χ1v) is 12.7. The number of aliphatic hydroxyl groups is 1. The summed E-state index contributed by atoms with van der Waals surface area (Å²) >= 11 is 0. The fourth-order valence-corrected chi connectivity index (χ4v) is 5.00. The molecule has 1 N–H and O–H groups in total. The minimum Gasteiger partial charge on any atom is -0.381 e. The van der Waals surface area contributed by atoms with E-state index in [-0.39, 0.29) is 17.8 Å². The molecule has 0 aliphatic carbocycles. The predicted octanol–water partition coefficient (Wildman–Crippen LogP) is 1.96. The Morgan fingerprint density at radius 3 is 2.52 bits per heavy atom. The number of nitrogens with zero attached hydrogens (tertiary/aromatic N) is 10. The number of nitro benzene ring substituents is 1. The van der Waals surface area contributed by atoms with Crippen molar-refractivity contribution in [2.45, 2.75) is 31.5 Å². The number of rotatable bonds is 10. The molecule has 2 unspecified atom stereocenters. The second kappa shape index (κ2) is 11.4. The summed E-state index contributed by atoms with van der Waals surface area (Å²) in [5.74, 6) is -1.14. The molecule has 0 amide bonds. The van der Waals surface area contributed by atoms with Crippen LogP contribution >= 0.6 is 0 Å². The Morgan fingerprint density at radius 1 is 1.12 bits per heavy atom. The highest BCUT2D eigenvalue weighted by molar-refractivity contribution is 5.51. The number of hydrogen-bond acceptors (Lipinski definition) is 10. The van der Waals surface area contributed by atoms with Crippen LogP contribution in [0.5, 0.6) is 0 Å². The van der Waals surface area contributed by atoms with Crippen molar-refractivity contribution in [3.63, 3.8) is 0 Å². The first-order valence-electron chi connectivity index (χ1n) is 12.7. The van der Waals surface area contributed by atoms with E-state index in [0.29, 0.717) is 18.8 Å². The van der Waals surface area contributed by atoms with Crippen LogP contribution in [0.25, 0.3) is 0 Å². The van der Waals surface area contributed by atoms with Gasteiger partial charge in [0.2, 0.25) is 0 Å². The van der Waals surface area contributed by atoms with Gasteiger partial charge in [0.05, 0.1) is 17.5 Å². The van der Waals surface area contributed by atoms with Crippen molar-refractivity contribution in [1.82, 2.24) is 39.9 Å². The summed E-state index contributed by atoms with van der Waals surface area (Å²) in [6.07, 6.45) is 3.17. The van der Waals surface area contributed by atoms with Gasteiger partial charge in [-0.1, -0.05) is 6.07 Å². The number of non-ortho nitro benzene ring substituents is 1. The van der Waals surface area contributed by atoms with E-state index >= 15 is 0 Å². The van der Waals surface area contributed by atoms with Gasteiger partial charge in [-0.3, -0.25) is 15.0 Å². The monoisotopic (exact) mass is 554 g/mol. The molecule has 1 aliphatic rings. The van der Waals surface area contributed by atoms with E-state index in [9.17, 15) is 24.0 Å². The minimum absolute atomic E-state index is 0.0599. The third-order valence-corrected chi connectivity index (χ3v) is 7.34. The lowest BCUT2D eigenvalue weighted by molar-refractivity contribution is -0.384. The van der Waals surface area contributed by atoms with Crippen molar-refractivity contribution in [3.05, 3.63) is 88.3 Å². The number of halogens is 2. The number of benzene rings is 2. The summed E-state index contributed by atoms with van der Waals surface area (Å²) in [5, 5.41) is 38.9. The molecule has 15 heteroatoms. The normalized spacial score (nSPS) is 16.6. The van der Waals surface area contributed by atoms with Crippen molar-refractivity contribution in [3.8, 4) is 0 Å². The summed E-state index contributed by atoms with van der Waals surface area (Å²) < 4.78 is 31.4. The van der Waals surface area contributed by atoms with Crippen molar-refractivity contribution in [2.75, 3.05) is 37.6 Å². The van der Waals surface area contributed by atoms with Gasteiger partial charge in [-0.25, -0.2) is 23.1 Å². The van der Waals surface area contributed by atoms with Gasteiger partial charge in [0.25, 0.3) is 5.69 Å². The predicted molar refractivity (Wildman–Crippen MR) is 138 cm³/mol. The van der Waals surface area contributed by atoms with Crippen molar-refractivity contribution in [2.24, 2.45) is 0 Å². The Balaban J connectivity index is 1.27. The highest BCUT2D eigenvalue weighted by atomic mass is 19.1. The average molecular weight is 555 g/mol. The van der Waals surface area contributed by atoms with Crippen LogP contribution < -0.4 is 4.90 Å². The van der Waals surface area contributed by atoms with Crippen LogP contribution in [-0.2, 0) is 18.6 Å². The zero-order chi connectivity index (χ0) is 28.3. The van der Waals surface area contributed by atoms with Gasteiger partial charge in [-0.2, -0.15) is 5.10 Å². The molecular formula is C25H28F2N10O3. The molecule has 2 aromatic carbocycles. The van der Waals surface area contributed by atoms with E-state index in [1.165, 1.54) is 40.2 Å². The van der Waals surface area contributed by atoms with Crippen LogP contribution in [0.1, 0.15) is 24.4 Å². The Labute approximate surface area is 227 Å². The maximum Gasteiger partial charge on any atom is 0.269 e. The van der Waals surface area contributed by atoms with Crippen LogP contribution in [-0.4, -0.2) is 82.6 Å². The quantitative estimate of drug-likeness (QED) is 0.228. The lowest BCUT2D eigenvalue weighted by Gasteiger charge is -2.36. The summed E-state index contributed by atoms with van der Waals surface area (Å²) in [5.41, 5.74) is -1.00. The topological polar surface area (TPSA) is 144 Å². The maximum absolute atomic E-state index is 14.9. The molecule has 13 nitrogen and oxygen atoms in total. The molecule has 2 aromatic heterocycles. The van der Waals surface area contributed by atoms with Crippen molar-refractivity contribution in [1.29, 1.82) is 0 Å². The fraction of sp³-hybridized carbons (Fsp3) is 0.400. The van der Waals surface area contributed by atoms with Crippen LogP contribution in [0.15, 0.2) is 55.1 Å². The van der Waals surface area contributed by atoms with Gasteiger partial charge in [-0.15, -0.1) is 5.10 Å². The second-order valence-electron chi connectivity index (χ2n) is 9.71. The van der Waals surface area contributed by atoms with Crippen molar-refractivity contribution < 1.29 is 18.8 Å². The van der Waals surface area contributed by atoms with Gasteiger partial charge >= 0.3 is 0 Å². The number of hydrogen-bond donors (Lipinski definition) is 1. The molecule has 0 bridgehead atoms. The van der Waals surface area contributed by atoms with Crippen LogP contribution in [0.2, 0.25) is 0 Å². The van der Waals surface area contributed by atoms with E-state index in [0.717, 1.165) is 44.0 Å². The van der Waals surface area contributed by atoms with E-state index in [2.05, 4.69) is 35.4 Å². The lowest BCUT2D eigenvalue weighted by atomic mass is 9.86. The summed E-state index contributed by atoms with van der Waals surface area (Å²) in [6, 6.07) is 8.71. The second-order valence-corrected chi connectivity index (χ2v) is 9.71. The molecule has 0 saturated carbocycles. The third-order valence-electron chi connectivity index (χ3n) is 7.34. The van der Waals surface area contributed by atoms with E-state index in [1.807, 2.05) is 0 Å². The highest BCUT2D eigenvalue weighted by Gasteiger charge is 2.42. The molecule has 40 heavy (non-hydrogen) atoms. The van der Waals surface area contributed by atoms with E-state index in [4.69, 9.17) is 0 Å². The molecule has 5 rings (SSSR count). The minimum atomic E-state index is -1.88. The smallest absolute Gasteiger partial charge is 0.269 e. The molecule has 210 valence electrons. The molecule has 0 radical (unpaired) electrons. The maximum atomic E-state index is 14.9. The summed E-state index contributed by atoms with van der Waals surface area (Å²) in [4.78, 5) is 18.8. The number of tetrazole rings is 1. The van der Waals surface area contributed by atoms with E-state index in [1.54, 1.807) is 19.1 Å². The number of aromatic nitrogens is 7. The Morgan fingerprint density at radius 2 is 1.88 bits per heavy atom. The molecule has 1 fully saturated rings. The Kier molecular flexibility index (Phi) is 7.75. The first kappa shape index (κ1) is 27.2. The van der Waals surface area contributed by atoms with Crippen molar-refractivity contribution >= 4 is 11.4 Å². The molecule has 1 saturated heterocycles. The number of nitro groups is 1. The average Bonchev–Trinajstić information content (AvgIpc) is 3.64. The Hall–Kier alpha value is -4.37. The third kappa shape index (κ3) is 5.65. The molecule has 2 atom stereocenters. The molecule has 0 spiro atoms. The van der Waals surface area contributed by atoms with Crippen LogP contribution in [0.4, 0.5) is 20.2 Å². The Bertz CT molecular complexity index is 1440. The van der Waals surface area contributed by atoms with Crippen LogP contribution in [0.3, 0.4) is 0 Å². The zero-order valence-electron chi connectivity index (χ0n) is 21.7. The molecular weight excluding hydrogens is 526 g/mol. The zero-order valence-corrected chi connectivity index (χ0v) is 21.7. The molecule has 1 aliphatic heterocycles. The van der Waals surface area contributed by atoms with Gasteiger partial charge in [0, 0.05) is 68.6 Å². The fourth-order valence-electron chi connectivity index (χ4n) is 5.00. The molecule has 3 heterocycles. The SMILES string of the molecule is CC(n1nnnc1CCN1CCN(c2ccc([N+](=O)[O-])cc2)CC1)C(O)(Cn1cncn1)c1ccc(F)cc1F. The largest absolute Gasteiger partial charge is 0.381 e. The van der Waals surface area contributed by atoms with E-state index < -0.39 is 28.2 Å².